The monoisotopic (exact) mass is 423 g/mol. The van der Waals surface area contributed by atoms with Crippen LogP contribution in [-0.4, -0.2) is 51.4 Å². The lowest BCUT2D eigenvalue weighted by atomic mass is 10.2. The van der Waals surface area contributed by atoms with Crippen LogP contribution in [0, 0.1) is 0 Å². The highest BCUT2D eigenvalue weighted by atomic mass is 32.2. The lowest BCUT2D eigenvalue weighted by Gasteiger charge is -2.35. The van der Waals surface area contributed by atoms with Crippen molar-refractivity contribution in [3.05, 3.63) is 70.5 Å². The SMILES string of the molecule is CC1CN(C(=O)CSc2nc3ccccc3c(=O)n2Cc2ccccc2)CC(C)O1. The summed E-state index contributed by atoms with van der Waals surface area (Å²) in [7, 11) is 0. The van der Waals surface area contributed by atoms with Gasteiger partial charge in [0.1, 0.15) is 0 Å². The molecule has 2 unspecified atom stereocenters. The number of hydrogen-bond donors (Lipinski definition) is 0. The lowest BCUT2D eigenvalue weighted by Crippen LogP contribution is -2.48. The van der Waals surface area contributed by atoms with Crippen molar-refractivity contribution in [2.75, 3.05) is 18.8 Å². The summed E-state index contributed by atoms with van der Waals surface area (Å²) in [6.07, 6.45) is 0.0514. The van der Waals surface area contributed by atoms with Crippen LogP contribution < -0.4 is 5.56 Å². The Labute approximate surface area is 179 Å². The van der Waals surface area contributed by atoms with Crippen molar-refractivity contribution in [1.82, 2.24) is 14.5 Å². The summed E-state index contributed by atoms with van der Waals surface area (Å²) in [4.78, 5) is 32.5. The van der Waals surface area contributed by atoms with Crippen LogP contribution in [0.2, 0.25) is 0 Å². The van der Waals surface area contributed by atoms with E-state index in [2.05, 4.69) is 0 Å². The van der Waals surface area contributed by atoms with E-state index in [1.807, 2.05) is 67.3 Å². The van der Waals surface area contributed by atoms with E-state index >= 15 is 0 Å². The number of carbonyl (C=O) groups excluding carboxylic acids is 1. The van der Waals surface area contributed by atoms with Crippen LogP contribution in [0.15, 0.2) is 64.5 Å². The van der Waals surface area contributed by atoms with Crippen LogP contribution in [0.3, 0.4) is 0 Å². The van der Waals surface area contributed by atoms with E-state index in [1.54, 1.807) is 10.6 Å². The van der Waals surface area contributed by atoms with Gasteiger partial charge < -0.3 is 9.64 Å². The van der Waals surface area contributed by atoms with Crippen molar-refractivity contribution in [1.29, 1.82) is 0 Å². The molecule has 1 aromatic heterocycles. The van der Waals surface area contributed by atoms with E-state index in [4.69, 9.17) is 9.72 Å². The van der Waals surface area contributed by atoms with E-state index in [0.29, 0.717) is 35.7 Å². The molecule has 2 heterocycles. The van der Waals surface area contributed by atoms with Crippen LogP contribution in [0.4, 0.5) is 0 Å². The molecule has 4 rings (SSSR count). The molecule has 1 fully saturated rings. The summed E-state index contributed by atoms with van der Waals surface area (Å²) >= 11 is 1.32. The Morgan fingerprint density at radius 3 is 2.47 bits per heavy atom. The van der Waals surface area contributed by atoms with Gasteiger partial charge in [-0.15, -0.1) is 0 Å². The summed E-state index contributed by atoms with van der Waals surface area (Å²) in [5.41, 5.74) is 1.57. The number of ether oxygens (including phenoxy) is 1. The number of morpholine rings is 1. The molecule has 0 radical (unpaired) electrons. The zero-order valence-electron chi connectivity index (χ0n) is 17.2. The highest BCUT2D eigenvalue weighted by Gasteiger charge is 2.26. The third-order valence-corrected chi connectivity index (χ3v) is 6.07. The molecule has 0 aliphatic carbocycles. The molecule has 0 N–H and O–H groups in total. The standard InChI is InChI=1S/C23H25N3O3S/c1-16-12-25(13-17(2)29-16)21(27)15-30-23-24-20-11-7-6-10-19(20)22(28)26(23)14-18-8-4-3-5-9-18/h3-11,16-17H,12-15H2,1-2H3. The predicted octanol–water partition coefficient (Wildman–Crippen LogP) is 3.17. The number of para-hydroxylation sites is 1. The fraction of sp³-hybridized carbons (Fsp3) is 0.348. The molecule has 2 atom stereocenters. The first-order valence-corrected chi connectivity index (χ1v) is 11.1. The first-order chi connectivity index (χ1) is 14.5. The Morgan fingerprint density at radius 1 is 1.07 bits per heavy atom. The van der Waals surface area contributed by atoms with Gasteiger partial charge in [0.2, 0.25) is 5.91 Å². The molecule has 3 aromatic rings. The smallest absolute Gasteiger partial charge is 0.262 e. The molecule has 156 valence electrons. The highest BCUT2D eigenvalue weighted by molar-refractivity contribution is 7.99. The molecule has 1 aliphatic heterocycles. The Kier molecular flexibility index (Phi) is 6.20. The summed E-state index contributed by atoms with van der Waals surface area (Å²) in [5, 5.41) is 1.14. The Morgan fingerprint density at radius 2 is 1.73 bits per heavy atom. The van der Waals surface area contributed by atoms with Crippen molar-refractivity contribution >= 4 is 28.6 Å². The van der Waals surface area contributed by atoms with Gasteiger partial charge in [-0.25, -0.2) is 4.98 Å². The van der Waals surface area contributed by atoms with Crippen molar-refractivity contribution in [3.63, 3.8) is 0 Å². The Balaban J connectivity index is 1.61. The third kappa shape index (κ3) is 4.57. The number of fused-ring (bicyclic) bond motifs is 1. The Bertz CT molecular complexity index is 1090. The van der Waals surface area contributed by atoms with Gasteiger partial charge in [-0.3, -0.25) is 14.2 Å². The second-order valence-corrected chi connectivity index (χ2v) is 8.58. The van der Waals surface area contributed by atoms with Gasteiger partial charge in [0.15, 0.2) is 5.16 Å². The van der Waals surface area contributed by atoms with Crippen LogP contribution in [0.5, 0.6) is 0 Å². The van der Waals surface area contributed by atoms with Crippen LogP contribution in [-0.2, 0) is 16.1 Å². The molecule has 0 saturated carbocycles. The van der Waals surface area contributed by atoms with Crippen molar-refractivity contribution in [3.8, 4) is 0 Å². The third-order valence-electron chi connectivity index (χ3n) is 5.11. The zero-order chi connectivity index (χ0) is 21.1. The number of rotatable bonds is 5. The van der Waals surface area contributed by atoms with Crippen molar-refractivity contribution < 1.29 is 9.53 Å². The van der Waals surface area contributed by atoms with Gasteiger partial charge in [0.05, 0.1) is 35.4 Å². The number of carbonyl (C=O) groups is 1. The minimum Gasteiger partial charge on any atom is -0.372 e. The fourth-order valence-electron chi connectivity index (χ4n) is 3.76. The number of amides is 1. The molecule has 0 bridgehead atoms. The van der Waals surface area contributed by atoms with E-state index < -0.39 is 0 Å². The Hall–Kier alpha value is -2.64. The normalized spacial score (nSPS) is 19.2. The number of nitrogens with zero attached hydrogens (tertiary/aromatic N) is 3. The summed E-state index contributed by atoms with van der Waals surface area (Å²) < 4.78 is 7.39. The van der Waals surface area contributed by atoms with Gasteiger partial charge in [-0.1, -0.05) is 54.2 Å². The van der Waals surface area contributed by atoms with Crippen LogP contribution in [0.25, 0.3) is 10.9 Å². The summed E-state index contributed by atoms with van der Waals surface area (Å²) in [5.74, 6) is 0.273. The predicted molar refractivity (Wildman–Crippen MR) is 119 cm³/mol. The maximum absolute atomic E-state index is 13.2. The van der Waals surface area contributed by atoms with E-state index in [-0.39, 0.29) is 29.4 Å². The zero-order valence-corrected chi connectivity index (χ0v) is 18.0. The second-order valence-electron chi connectivity index (χ2n) is 7.63. The van der Waals surface area contributed by atoms with Gasteiger partial charge in [-0.05, 0) is 31.5 Å². The molecule has 0 spiro atoms. The van der Waals surface area contributed by atoms with E-state index in [1.165, 1.54) is 11.8 Å². The number of benzene rings is 2. The topological polar surface area (TPSA) is 64.4 Å². The van der Waals surface area contributed by atoms with Gasteiger partial charge in [-0.2, -0.15) is 0 Å². The quantitative estimate of drug-likeness (QED) is 0.466. The van der Waals surface area contributed by atoms with Gasteiger partial charge in [0, 0.05) is 13.1 Å². The van der Waals surface area contributed by atoms with E-state index in [9.17, 15) is 9.59 Å². The van der Waals surface area contributed by atoms with Crippen LogP contribution >= 0.6 is 11.8 Å². The number of aromatic nitrogens is 2. The lowest BCUT2D eigenvalue weighted by molar-refractivity contribution is -0.140. The molecule has 1 saturated heterocycles. The van der Waals surface area contributed by atoms with E-state index in [0.717, 1.165) is 5.56 Å². The van der Waals surface area contributed by atoms with Crippen molar-refractivity contribution in [2.24, 2.45) is 0 Å². The minimum atomic E-state index is -0.0898. The fourth-order valence-corrected chi connectivity index (χ4v) is 4.66. The molecule has 30 heavy (non-hydrogen) atoms. The average Bonchev–Trinajstić information content (AvgIpc) is 2.74. The second kappa shape index (κ2) is 9.02. The molecule has 1 aliphatic rings. The molecule has 1 amide bonds. The number of hydrogen-bond acceptors (Lipinski definition) is 5. The molecular weight excluding hydrogens is 398 g/mol. The average molecular weight is 424 g/mol. The van der Waals surface area contributed by atoms with Crippen LogP contribution in [0.1, 0.15) is 19.4 Å². The summed E-state index contributed by atoms with van der Waals surface area (Å²) in [6.45, 7) is 5.55. The van der Waals surface area contributed by atoms with Crippen molar-refractivity contribution in [2.45, 2.75) is 37.8 Å². The number of thioether (sulfide) groups is 1. The first kappa shape index (κ1) is 20.6. The van der Waals surface area contributed by atoms with Gasteiger partial charge >= 0.3 is 0 Å². The largest absolute Gasteiger partial charge is 0.372 e. The minimum absolute atomic E-state index is 0.0257. The maximum atomic E-state index is 13.2. The highest BCUT2D eigenvalue weighted by Crippen LogP contribution is 2.20. The maximum Gasteiger partial charge on any atom is 0.262 e. The first-order valence-electron chi connectivity index (χ1n) is 10.1. The molecular formula is C23H25N3O3S. The van der Waals surface area contributed by atoms with Gasteiger partial charge in [0.25, 0.3) is 5.56 Å². The molecule has 6 nitrogen and oxygen atoms in total. The summed E-state index contributed by atoms with van der Waals surface area (Å²) in [6, 6.07) is 17.2. The molecule has 2 aromatic carbocycles. The molecule has 7 heteroatoms.